The molecule has 0 fully saturated rings. The third-order valence-electron chi connectivity index (χ3n) is 0.976. The molecular weight excluding hydrogens is 128 g/mol. The minimum atomic E-state index is -0.170. The highest BCUT2D eigenvalue weighted by Gasteiger charge is 1.84. The highest BCUT2D eigenvalue weighted by Crippen LogP contribution is 1.88. The van der Waals surface area contributed by atoms with Gasteiger partial charge in [-0.1, -0.05) is 19.4 Å². The molecular formula is C8H12O2. The number of carbonyl (C=O) groups excluding carboxylic acids is 1. The van der Waals surface area contributed by atoms with E-state index in [-0.39, 0.29) is 5.78 Å². The number of allylic oxidation sites excluding steroid dienone is 3. The first kappa shape index (κ1) is 8.95. The van der Waals surface area contributed by atoms with Crippen molar-refractivity contribution in [2.75, 3.05) is 0 Å². The second-order valence-electron chi connectivity index (χ2n) is 1.91. The van der Waals surface area contributed by atoms with Crippen LogP contribution in [-0.4, -0.2) is 10.9 Å². The molecule has 0 bridgehead atoms. The van der Waals surface area contributed by atoms with Crippen LogP contribution in [0.15, 0.2) is 24.5 Å². The zero-order valence-corrected chi connectivity index (χ0v) is 6.08. The van der Waals surface area contributed by atoms with E-state index in [1.165, 1.54) is 6.08 Å². The molecule has 56 valence electrons. The number of rotatable bonds is 4. The molecule has 0 aromatic carbocycles. The molecule has 0 amide bonds. The van der Waals surface area contributed by atoms with Crippen molar-refractivity contribution in [1.29, 1.82) is 0 Å². The van der Waals surface area contributed by atoms with E-state index in [0.29, 0.717) is 0 Å². The second kappa shape index (κ2) is 6.08. The first-order chi connectivity index (χ1) is 4.81. The van der Waals surface area contributed by atoms with Crippen LogP contribution < -0.4 is 0 Å². The molecule has 0 aliphatic heterocycles. The lowest BCUT2D eigenvalue weighted by molar-refractivity contribution is -0.110. The van der Waals surface area contributed by atoms with Gasteiger partial charge in [0.1, 0.15) is 0 Å². The van der Waals surface area contributed by atoms with Crippen LogP contribution in [0.4, 0.5) is 0 Å². The Labute approximate surface area is 60.9 Å². The van der Waals surface area contributed by atoms with Crippen LogP contribution in [0.1, 0.15) is 19.8 Å². The third-order valence-corrected chi connectivity index (χ3v) is 0.976. The largest absolute Gasteiger partial charge is 0.515 e. The number of unbranched alkanes of at least 4 members (excludes halogenated alkanes) is 1. The van der Waals surface area contributed by atoms with Crippen molar-refractivity contribution in [3.8, 4) is 0 Å². The summed E-state index contributed by atoms with van der Waals surface area (Å²) in [5.41, 5.74) is 0. The van der Waals surface area contributed by atoms with Crippen LogP contribution in [0.3, 0.4) is 0 Å². The highest BCUT2D eigenvalue weighted by atomic mass is 16.2. The Morgan fingerprint density at radius 3 is 2.70 bits per heavy atom. The Bertz CT molecular complexity index is 145. The van der Waals surface area contributed by atoms with Crippen LogP contribution in [0, 0.1) is 0 Å². The maximum Gasteiger partial charge on any atom is 0.181 e. The smallest absolute Gasteiger partial charge is 0.181 e. The first-order valence-electron chi connectivity index (χ1n) is 3.32. The zero-order chi connectivity index (χ0) is 7.82. The molecule has 0 aliphatic carbocycles. The summed E-state index contributed by atoms with van der Waals surface area (Å²) < 4.78 is 0. The fourth-order valence-corrected chi connectivity index (χ4v) is 0.495. The molecule has 0 aromatic rings. The van der Waals surface area contributed by atoms with Crippen LogP contribution in [0.2, 0.25) is 0 Å². The summed E-state index contributed by atoms with van der Waals surface area (Å²) in [6, 6.07) is 0. The number of hydrogen-bond acceptors (Lipinski definition) is 2. The molecule has 0 saturated heterocycles. The van der Waals surface area contributed by atoms with E-state index in [1.807, 2.05) is 6.92 Å². The van der Waals surface area contributed by atoms with Gasteiger partial charge in [0.05, 0.1) is 6.26 Å². The Hall–Kier alpha value is -1.05. The summed E-state index contributed by atoms with van der Waals surface area (Å²) in [6.07, 6.45) is 7.06. The molecule has 1 N–H and O–H groups in total. The number of aliphatic hydroxyl groups is 1. The Balaban J connectivity index is 3.56. The van der Waals surface area contributed by atoms with Crippen molar-refractivity contribution in [2.45, 2.75) is 19.8 Å². The third kappa shape index (κ3) is 5.09. The predicted molar refractivity (Wildman–Crippen MR) is 40.8 cm³/mol. The van der Waals surface area contributed by atoms with Gasteiger partial charge in [-0.2, -0.15) is 0 Å². The molecule has 0 radical (unpaired) electrons. The summed E-state index contributed by atoms with van der Waals surface area (Å²) in [4.78, 5) is 10.6. The lowest BCUT2D eigenvalue weighted by Crippen LogP contribution is -1.83. The normalized spacial score (nSPS) is 11.3. The standard InChI is InChI=1S/C8H12O2/c1-2-3-4-5-8(10)6-7-9/h4-7,9H,2-3H2,1H3. The van der Waals surface area contributed by atoms with Crippen LogP contribution in [0.25, 0.3) is 0 Å². The van der Waals surface area contributed by atoms with Gasteiger partial charge in [0.15, 0.2) is 5.78 Å². The summed E-state index contributed by atoms with van der Waals surface area (Å²) >= 11 is 0. The monoisotopic (exact) mass is 140 g/mol. The van der Waals surface area contributed by atoms with Gasteiger partial charge in [-0.3, -0.25) is 4.79 Å². The summed E-state index contributed by atoms with van der Waals surface area (Å²) in [5, 5.41) is 8.16. The van der Waals surface area contributed by atoms with Crippen molar-refractivity contribution in [2.24, 2.45) is 0 Å². The Kier molecular flexibility index (Phi) is 5.44. The van der Waals surface area contributed by atoms with E-state index in [2.05, 4.69) is 0 Å². The second-order valence-corrected chi connectivity index (χ2v) is 1.91. The topological polar surface area (TPSA) is 37.3 Å². The average Bonchev–Trinajstić information content (AvgIpc) is 1.89. The minimum absolute atomic E-state index is 0.170. The van der Waals surface area contributed by atoms with Gasteiger partial charge in [0, 0.05) is 6.08 Å². The molecule has 0 saturated carbocycles. The van der Waals surface area contributed by atoms with Crippen molar-refractivity contribution in [1.82, 2.24) is 0 Å². The number of ketones is 1. The Morgan fingerprint density at radius 2 is 2.20 bits per heavy atom. The van der Waals surface area contributed by atoms with E-state index in [1.54, 1.807) is 6.08 Å². The fourth-order valence-electron chi connectivity index (χ4n) is 0.495. The van der Waals surface area contributed by atoms with Gasteiger partial charge in [0.2, 0.25) is 0 Å². The SMILES string of the molecule is CCCC=CC(=O)C=CO. The zero-order valence-electron chi connectivity index (χ0n) is 6.08. The van der Waals surface area contributed by atoms with E-state index >= 15 is 0 Å². The van der Waals surface area contributed by atoms with Gasteiger partial charge in [-0.25, -0.2) is 0 Å². The summed E-state index contributed by atoms with van der Waals surface area (Å²) in [7, 11) is 0. The molecule has 0 aromatic heterocycles. The number of aliphatic hydroxyl groups excluding tert-OH is 1. The quantitative estimate of drug-likeness (QED) is 0.479. The average molecular weight is 140 g/mol. The summed E-state index contributed by atoms with van der Waals surface area (Å²) in [6.45, 7) is 2.04. The lowest BCUT2D eigenvalue weighted by Gasteiger charge is -1.81. The van der Waals surface area contributed by atoms with E-state index in [0.717, 1.165) is 25.2 Å². The summed E-state index contributed by atoms with van der Waals surface area (Å²) in [5.74, 6) is -0.170. The fraction of sp³-hybridized carbons (Fsp3) is 0.375. The minimum Gasteiger partial charge on any atom is -0.515 e. The van der Waals surface area contributed by atoms with Crippen LogP contribution in [-0.2, 0) is 4.79 Å². The van der Waals surface area contributed by atoms with Gasteiger partial charge < -0.3 is 5.11 Å². The first-order valence-corrected chi connectivity index (χ1v) is 3.32. The molecule has 0 unspecified atom stereocenters. The molecule has 0 heterocycles. The molecule has 0 spiro atoms. The molecule has 0 rings (SSSR count). The lowest BCUT2D eigenvalue weighted by atomic mass is 10.3. The van der Waals surface area contributed by atoms with Gasteiger partial charge in [-0.15, -0.1) is 0 Å². The maximum absolute atomic E-state index is 10.6. The van der Waals surface area contributed by atoms with Gasteiger partial charge >= 0.3 is 0 Å². The van der Waals surface area contributed by atoms with Crippen molar-refractivity contribution < 1.29 is 9.90 Å². The van der Waals surface area contributed by atoms with Crippen molar-refractivity contribution in [3.63, 3.8) is 0 Å². The van der Waals surface area contributed by atoms with Gasteiger partial charge in [-0.05, 0) is 12.5 Å². The number of carbonyl (C=O) groups is 1. The van der Waals surface area contributed by atoms with Gasteiger partial charge in [0.25, 0.3) is 0 Å². The van der Waals surface area contributed by atoms with Crippen LogP contribution in [0.5, 0.6) is 0 Å². The number of hydrogen-bond donors (Lipinski definition) is 1. The van der Waals surface area contributed by atoms with E-state index in [4.69, 9.17) is 5.11 Å². The molecule has 0 aliphatic rings. The maximum atomic E-state index is 10.6. The molecule has 10 heavy (non-hydrogen) atoms. The predicted octanol–water partition coefficient (Wildman–Crippen LogP) is 1.98. The van der Waals surface area contributed by atoms with Crippen molar-refractivity contribution in [3.05, 3.63) is 24.5 Å². The molecule has 2 nitrogen and oxygen atoms in total. The highest BCUT2D eigenvalue weighted by molar-refractivity contribution is 5.98. The van der Waals surface area contributed by atoms with Crippen LogP contribution >= 0.6 is 0 Å². The van der Waals surface area contributed by atoms with Crippen molar-refractivity contribution >= 4 is 5.78 Å². The van der Waals surface area contributed by atoms with E-state index in [9.17, 15) is 4.79 Å². The Morgan fingerprint density at radius 1 is 1.50 bits per heavy atom. The molecule has 0 atom stereocenters. The molecule has 2 heteroatoms. The van der Waals surface area contributed by atoms with E-state index < -0.39 is 0 Å².